The molecule has 116 valence electrons. The van der Waals surface area contributed by atoms with Crippen LogP contribution in [0.5, 0.6) is 5.75 Å². The van der Waals surface area contributed by atoms with Crippen LogP contribution in [0.15, 0.2) is 24.3 Å². The highest BCUT2D eigenvalue weighted by atomic mass is 19.1. The zero-order valence-corrected chi connectivity index (χ0v) is 12.4. The average molecular weight is 296 g/mol. The van der Waals surface area contributed by atoms with Crippen molar-refractivity contribution in [3.05, 3.63) is 30.1 Å². The number of carbonyl (C=O) groups is 1. The summed E-state index contributed by atoms with van der Waals surface area (Å²) < 4.78 is 18.1. The molecule has 1 heterocycles. The molecule has 1 aliphatic rings. The lowest BCUT2D eigenvalue weighted by atomic mass is 10.0. The second kappa shape index (κ2) is 6.41. The molecule has 1 N–H and O–H groups in total. The van der Waals surface area contributed by atoms with Gasteiger partial charge in [-0.3, -0.25) is 4.79 Å². The van der Waals surface area contributed by atoms with E-state index in [9.17, 15) is 14.3 Å². The van der Waals surface area contributed by atoms with Crippen molar-refractivity contribution in [3.63, 3.8) is 0 Å². The highest BCUT2D eigenvalue weighted by Gasteiger charge is 2.38. The summed E-state index contributed by atoms with van der Waals surface area (Å²) in [6.07, 6.45) is 0.563. The molecule has 0 saturated carbocycles. The van der Waals surface area contributed by atoms with Crippen molar-refractivity contribution in [2.75, 3.05) is 40.3 Å². The van der Waals surface area contributed by atoms with E-state index < -0.39 is 5.60 Å². The van der Waals surface area contributed by atoms with Crippen molar-refractivity contribution >= 4 is 5.91 Å². The summed E-state index contributed by atoms with van der Waals surface area (Å²) in [7, 11) is 3.78. The van der Waals surface area contributed by atoms with Crippen molar-refractivity contribution in [2.24, 2.45) is 0 Å². The Morgan fingerprint density at radius 1 is 1.43 bits per heavy atom. The predicted octanol–water partition coefficient (Wildman–Crippen LogP) is 0.729. The van der Waals surface area contributed by atoms with E-state index in [1.165, 1.54) is 24.3 Å². The van der Waals surface area contributed by atoms with Crippen molar-refractivity contribution in [3.8, 4) is 5.75 Å². The van der Waals surface area contributed by atoms with Gasteiger partial charge in [0.05, 0.1) is 12.1 Å². The van der Waals surface area contributed by atoms with E-state index in [2.05, 4.69) is 0 Å². The third-order valence-corrected chi connectivity index (χ3v) is 3.47. The molecule has 6 heteroatoms. The number of likely N-dealkylation sites (N-methyl/N-ethyl adjacent to an activating group) is 1. The molecule has 1 atom stereocenters. The van der Waals surface area contributed by atoms with Crippen LogP contribution in [0.3, 0.4) is 0 Å². The molecule has 1 aliphatic heterocycles. The summed E-state index contributed by atoms with van der Waals surface area (Å²) in [4.78, 5) is 15.6. The number of β-amino-alcohol motifs (C(OH)–C–C–N with tert-alkyl or cyclic N) is 1. The second-order valence-corrected chi connectivity index (χ2v) is 5.77. The SMILES string of the molecule is CN(C)C[C@]1(O)CCN(C(=O)COc2ccc(F)cc2)C1. The molecule has 2 rings (SSSR count). The van der Waals surface area contributed by atoms with Crippen molar-refractivity contribution in [1.82, 2.24) is 9.80 Å². The molecule has 1 aromatic rings. The Bertz CT molecular complexity index is 492. The molecule has 0 spiro atoms. The Labute approximate surface area is 123 Å². The van der Waals surface area contributed by atoms with Crippen LogP contribution in [0.2, 0.25) is 0 Å². The molecule has 1 amide bonds. The van der Waals surface area contributed by atoms with Crippen LogP contribution in [0.4, 0.5) is 4.39 Å². The minimum absolute atomic E-state index is 0.107. The summed E-state index contributed by atoms with van der Waals surface area (Å²) in [5.41, 5.74) is -0.852. The van der Waals surface area contributed by atoms with E-state index >= 15 is 0 Å². The first-order chi connectivity index (χ1) is 9.88. The summed E-state index contributed by atoms with van der Waals surface area (Å²) >= 11 is 0. The smallest absolute Gasteiger partial charge is 0.260 e. The van der Waals surface area contributed by atoms with Crippen LogP contribution in [0.1, 0.15) is 6.42 Å². The molecule has 1 aromatic carbocycles. The highest BCUT2D eigenvalue weighted by molar-refractivity contribution is 5.78. The largest absolute Gasteiger partial charge is 0.484 e. The zero-order valence-electron chi connectivity index (χ0n) is 12.4. The molecular formula is C15H21FN2O3. The number of hydrogen-bond acceptors (Lipinski definition) is 4. The van der Waals surface area contributed by atoms with Gasteiger partial charge in [0.25, 0.3) is 5.91 Å². The van der Waals surface area contributed by atoms with Gasteiger partial charge in [-0.05, 0) is 44.8 Å². The number of aliphatic hydroxyl groups is 1. The molecule has 0 bridgehead atoms. The highest BCUT2D eigenvalue weighted by Crippen LogP contribution is 2.22. The van der Waals surface area contributed by atoms with Gasteiger partial charge in [0.2, 0.25) is 0 Å². The fraction of sp³-hybridized carbons (Fsp3) is 0.533. The molecule has 0 aliphatic carbocycles. The molecule has 1 fully saturated rings. The maximum Gasteiger partial charge on any atom is 0.260 e. The Morgan fingerprint density at radius 3 is 2.71 bits per heavy atom. The maximum atomic E-state index is 12.8. The van der Waals surface area contributed by atoms with Crippen molar-refractivity contribution in [1.29, 1.82) is 0 Å². The molecule has 0 aromatic heterocycles. The van der Waals surface area contributed by atoms with E-state index in [-0.39, 0.29) is 18.3 Å². The van der Waals surface area contributed by atoms with Gasteiger partial charge in [-0.1, -0.05) is 0 Å². The second-order valence-electron chi connectivity index (χ2n) is 5.77. The Balaban J connectivity index is 1.83. The number of halogens is 1. The first kappa shape index (κ1) is 15.7. The minimum Gasteiger partial charge on any atom is -0.484 e. The standard InChI is InChI=1S/C15H21FN2O3/c1-17(2)10-15(20)7-8-18(11-15)14(19)9-21-13-5-3-12(16)4-6-13/h3-6,20H,7-11H2,1-2H3/t15-/m1/s1. The number of hydrogen-bond donors (Lipinski definition) is 1. The van der Waals surface area contributed by atoms with Crippen LogP contribution in [0, 0.1) is 5.82 Å². The molecule has 5 nitrogen and oxygen atoms in total. The van der Waals surface area contributed by atoms with Gasteiger partial charge in [0.15, 0.2) is 6.61 Å². The molecule has 21 heavy (non-hydrogen) atoms. The molecule has 0 radical (unpaired) electrons. The normalized spacial score (nSPS) is 21.9. The lowest BCUT2D eigenvalue weighted by Gasteiger charge is -2.26. The number of nitrogens with zero attached hydrogens (tertiary/aromatic N) is 2. The lowest BCUT2D eigenvalue weighted by molar-refractivity contribution is -0.133. The Morgan fingerprint density at radius 2 is 2.10 bits per heavy atom. The molecule has 1 saturated heterocycles. The minimum atomic E-state index is -0.852. The first-order valence-electron chi connectivity index (χ1n) is 6.91. The number of likely N-dealkylation sites (tertiary alicyclic amines) is 1. The first-order valence-corrected chi connectivity index (χ1v) is 6.91. The van der Waals surface area contributed by atoms with Gasteiger partial charge < -0.3 is 19.6 Å². The van der Waals surface area contributed by atoms with E-state index in [0.717, 1.165) is 0 Å². The monoisotopic (exact) mass is 296 g/mol. The van der Waals surface area contributed by atoms with Crippen LogP contribution in [-0.4, -0.2) is 66.8 Å². The molecular weight excluding hydrogens is 275 g/mol. The van der Waals surface area contributed by atoms with Gasteiger partial charge >= 0.3 is 0 Å². The number of carbonyl (C=O) groups excluding carboxylic acids is 1. The van der Waals surface area contributed by atoms with Crippen molar-refractivity contribution < 1.29 is 19.0 Å². The lowest BCUT2D eigenvalue weighted by Crippen LogP contribution is -2.44. The Hall–Kier alpha value is -1.66. The fourth-order valence-corrected chi connectivity index (χ4v) is 2.55. The van der Waals surface area contributed by atoms with E-state index in [1.807, 2.05) is 19.0 Å². The van der Waals surface area contributed by atoms with E-state index in [1.54, 1.807) is 4.90 Å². The topological polar surface area (TPSA) is 53.0 Å². The predicted molar refractivity (Wildman–Crippen MR) is 76.6 cm³/mol. The van der Waals surface area contributed by atoms with Gasteiger partial charge in [0.1, 0.15) is 11.6 Å². The number of rotatable bonds is 5. The molecule has 0 unspecified atom stereocenters. The van der Waals surface area contributed by atoms with Gasteiger partial charge in [0, 0.05) is 13.1 Å². The van der Waals surface area contributed by atoms with Crippen molar-refractivity contribution in [2.45, 2.75) is 12.0 Å². The van der Waals surface area contributed by atoms with Gasteiger partial charge in [-0.25, -0.2) is 4.39 Å². The fourth-order valence-electron chi connectivity index (χ4n) is 2.55. The summed E-state index contributed by atoms with van der Waals surface area (Å²) in [5, 5.41) is 10.4. The van der Waals surface area contributed by atoms with E-state index in [4.69, 9.17) is 4.74 Å². The van der Waals surface area contributed by atoms with Crippen LogP contribution in [-0.2, 0) is 4.79 Å². The van der Waals surface area contributed by atoms with Gasteiger partial charge in [-0.15, -0.1) is 0 Å². The van der Waals surface area contributed by atoms with Crippen LogP contribution >= 0.6 is 0 Å². The Kier molecular flexibility index (Phi) is 4.80. The van der Waals surface area contributed by atoms with Gasteiger partial charge in [-0.2, -0.15) is 0 Å². The average Bonchev–Trinajstić information content (AvgIpc) is 2.79. The quantitative estimate of drug-likeness (QED) is 0.870. The number of benzene rings is 1. The summed E-state index contributed by atoms with van der Waals surface area (Å²) in [6.45, 7) is 1.26. The number of ether oxygens (including phenoxy) is 1. The maximum absolute atomic E-state index is 12.8. The summed E-state index contributed by atoms with van der Waals surface area (Å²) in [5.74, 6) is -0.0662. The summed E-state index contributed by atoms with van der Waals surface area (Å²) in [6, 6.07) is 5.53. The zero-order chi connectivity index (χ0) is 15.5. The third-order valence-electron chi connectivity index (χ3n) is 3.47. The van der Waals surface area contributed by atoms with Crippen LogP contribution in [0.25, 0.3) is 0 Å². The van der Waals surface area contributed by atoms with Crippen LogP contribution < -0.4 is 4.74 Å². The number of amides is 1. The van der Waals surface area contributed by atoms with E-state index in [0.29, 0.717) is 31.8 Å². The third kappa shape index (κ3) is 4.41.